The molecular weight excluding hydrogens is 424 g/mol. The number of hydrogen-bond acceptors (Lipinski definition) is 7. The fourth-order valence-corrected chi connectivity index (χ4v) is 4.44. The van der Waals surface area contributed by atoms with E-state index in [0.29, 0.717) is 66.1 Å². The zero-order valence-corrected chi connectivity index (χ0v) is 18.9. The number of allylic oxidation sites excluding steroid dienone is 1. The van der Waals surface area contributed by atoms with Crippen molar-refractivity contribution in [3.8, 4) is 11.5 Å². The van der Waals surface area contributed by atoms with E-state index >= 15 is 0 Å². The maximum absolute atomic E-state index is 13.3. The van der Waals surface area contributed by atoms with Gasteiger partial charge in [0.15, 0.2) is 0 Å². The number of rotatable bonds is 2. The summed E-state index contributed by atoms with van der Waals surface area (Å²) < 4.78 is 22.6. The van der Waals surface area contributed by atoms with Crippen LogP contribution >= 0.6 is 0 Å². The van der Waals surface area contributed by atoms with E-state index in [4.69, 9.17) is 18.6 Å². The molecule has 2 aromatic rings. The summed E-state index contributed by atoms with van der Waals surface area (Å²) in [6, 6.07) is 5.23. The number of Topliss-reactive ketones (excluding diaryl/α,β-unsaturated/α-hetero) is 1. The Morgan fingerprint density at radius 1 is 1.12 bits per heavy atom. The molecule has 2 unspecified atom stereocenters. The van der Waals surface area contributed by atoms with Crippen molar-refractivity contribution in [3.63, 3.8) is 0 Å². The predicted octanol–water partition coefficient (Wildman–Crippen LogP) is 5.21. The third kappa shape index (κ3) is 5.02. The van der Waals surface area contributed by atoms with Gasteiger partial charge in [-0.15, -0.1) is 0 Å². The van der Waals surface area contributed by atoms with Crippen molar-refractivity contribution in [1.29, 1.82) is 0 Å². The number of ketones is 1. The van der Waals surface area contributed by atoms with Crippen molar-refractivity contribution >= 4 is 23.8 Å². The van der Waals surface area contributed by atoms with E-state index in [1.54, 1.807) is 30.5 Å². The first-order chi connectivity index (χ1) is 16.0. The van der Waals surface area contributed by atoms with Crippen LogP contribution in [0.15, 0.2) is 35.0 Å². The second-order valence-electron chi connectivity index (χ2n) is 8.47. The highest BCUT2D eigenvalue weighted by Gasteiger charge is 2.37. The summed E-state index contributed by atoms with van der Waals surface area (Å²) in [5, 5.41) is 0. The Hall–Kier alpha value is -3.35. The second-order valence-corrected chi connectivity index (χ2v) is 8.47. The average Bonchev–Trinajstić information content (AvgIpc) is 3.31. The molecule has 0 bridgehead atoms. The molecule has 0 amide bonds. The van der Waals surface area contributed by atoms with Gasteiger partial charge >= 0.3 is 11.9 Å². The largest absolute Gasteiger partial charge is 0.495 e. The lowest BCUT2D eigenvalue weighted by molar-refractivity contribution is -0.135. The quantitative estimate of drug-likeness (QED) is 0.456. The summed E-state index contributed by atoms with van der Waals surface area (Å²) in [7, 11) is 1.49. The number of carbonyl (C=O) groups is 3. The number of cyclic esters (lactones) is 1. The summed E-state index contributed by atoms with van der Waals surface area (Å²) in [4.78, 5) is 37.7. The van der Waals surface area contributed by atoms with Crippen LogP contribution in [-0.4, -0.2) is 30.9 Å². The number of esters is 2. The molecule has 0 radical (unpaired) electrons. The van der Waals surface area contributed by atoms with Gasteiger partial charge in [0.25, 0.3) is 0 Å². The van der Waals surface area contributed by atoms with Gasteiger partial charge in [-0.2, -0.15) is 0 Å². The summed E-state index contributed by atoms with van der Waals surface area (Å²) in [6.07, 6.45) is 8.69. The van der Waals surface area contributed by atoms with Crippen LogP contribution in [0.3, 0.4) is 0 Å². The normalized spacial score (nSPS) is 21.9. The molecule has 0 N–H and O–H groups in total. The molecule has 7 heteroatoms. The second kappa shape index (κ2) is 10.1. The van der Waals surface area contributed by atoms with Gasteiger partial charge in [0.2, 0.25) is 0 Å². The molecule has 33 heavy (non-hydrogen) atoms. The number of methoxy groups -OCH3 is 1. The molecule has 0 aliphatic carbocycles. The summed E-state index contributed by atoms with van der Waals surface area (Å²) in [5.41, 5.74) is 1.43. The highest BCUT2D eigenvalue weighted by molar-refractivity contribution is 5.99. The number of hydrogen-bond donors (Lipinski definition) is 0. The van der Waals surface area contributed by atoms with Crippen LogP contribution in [0.4, 0.5) is 0 Å². The minimum Gasteiger partial charge on any atom is -0.495 e. The third-order valence-electron chi connectivity index (χ3n) is 6.05. The lowest BCUT2D eigenvalue weighted by atomic mass is 9.86. The van der Waals surface area contributed by atoms with Gasteiger partial charge in [-0.25, -0.2) is 4.79 Å². The van der Waals surface area contributed by atoms with Gasteiger partial charge in [-0.05, 0) is 56.4 Å². The minimum absolute atomic E-state index is 0.0744. The smallest absolute Gasteiger partial charge is 0.342 e. The van der Waals surface area contributed by atoms with Gasteiger partial charge in [0.05, 0.1) is 31.8 Å². The van der Waals surface area contributed by atoms with Crippen LogP contribution in [0, 0.1) is 0 Å². The molecule has 0 saturated carbocycles. The molecule has 2 atom stereocenters. The molecule has 174 valence electrons. The molecule has 0 spiro atoms. The van der Waals surface area contributed by atoms with E-state index in [0.717, 1.165) is 6.42 Å². The maximum Gasteiger partial charge on any atom is 0.342 e. The van der Waals surface area contributed by atoms with E-state index < -0.39 is 11.9 Å². The van der Waals surface area contributed by atoms with Crippen molar-refractivity contribution in [3.05, 3.63) is 53.0 Å². The Balaban J connectivity index is 1.84. The monoisotopic (exact) mass is 452 g/mol. The summed E-state index contributed by atoms with van der Waals surface area (Å²) in [6.45, 7) is 1.82. The summed E-state index contributed by atoms with van der Waals surface area (Å²) in [5.74, 6) is 0.140. The van der Waals surface area contributed by atoms with E-state index in [9.17, 15) is 14.4 Å². The van der Waals surface area contributed by atoms with Crippen LogP contribution in [-0.2, 0) is 14.3 Å². The fourth-order valence-electron chi connectivity index (χ4n) is 4.44. The Labute approximate surface area is 192 Å². The highest BCUT2D eigenvalue weighted by atomic mass is 16.5. The van der Waals surface area contributed by atoms with Gasteiger partial charge in [-0.1, -0.05) is 12.2 Å². The molecule has 2 aliphatic rings. The molecule has 2 aliphatic heterocycles. The van der Waals surface area contributed by atoms with Gasteiger partial charge in [0, 0.05) is 18.4 Å². The van der Waals surface area contributed by atoms with E-state index in [2.05, 4.69) is 0 Å². The Kier molecular flexibility index (Phi) is 6.96. The lowest BCUT2D eigenvalue weighted by Gasteiger charge is -2.27. The first-order valence-electron chi connectivity index (χ1n) is 11.4. The average molecular weight is 453 g/mol. The molecule has 0 saturated heterocycles. The Morgan fingerprint density at radius 2 is 1.94 bits per heavy atom. The number of ether oxygens (including phenoxy) is 3. The molecular formula is C26H28O7. The van der Waals surface area contributed by atoms with E-state index in [1.165, 1.54) is 7.11 Å². The number of fused-ring (bicyclic) bond motifs is 2. The van der Waals surface area contributed by atoms with Crippen LogP contribution in [0.25, 0.3) is 6.08 Å². The third-order valence-corrected chi connectivity index (χ3v) is 6.05. The molecule has 7 nitrogen and oxygen atoms in total. The maximum atomic E-state index is 13.3. The zero-order valence-electron chi connectivity index (χ0n) is 18.9. The van der Waals surface area contributed by atoms with Gasteiger partial charge in [0.1, 0.15) is 28.6 Å². The first kappa shape index (κ1) is 22.8. The SMILES string of the molecule is COc1c2c(cc3c1C(c1ccco1)CC(=O)O3)C=CCCCC(=O)CCCC(C)OC2=O. The van der Waals surface area contributed by atoms with Gasteiger partial charge < -0.3 is 18.6 Å². The molecule has 1 aromatic carbocycles. The highest BCUT2D eigenvalue weighted by Crippen LogP contribution is 2.47. The molecule has 0 fully saturated rings. The van der Waals surface area contributed by atoms with Crippen LogP contribution in [0.1, 0.15) is 85.0 Å². The topological polar surface area (TPSA) is 92.0 Å². The van der Waals surface area contributed by atoms with E-state index in [-0.39, 0.29) is 24.3 Å². The number of carbonyl (C=O) groups excluding carboxylic acids is 3. The van der Waals surface area contributed by atoms with Crippen LogP contribution < -0.4 is 9.47 Å². The van der Waals surface area contributed by atoms with Gasteiger partial charge in [-0.3, -0.25) is 9.59 Å². The van der Waals surface area contributed by atoms with Crippen LogP contribution in [0.2, 0.25) is 0 Å². The Bertz CT molecular complexity index is 1060. The molecule has 1 aromatic heterocycles. The Morgan fingerprint density at radius 3 is 2.70 bits per heavy atom. The minimum atomic E-state index is -0.514. The van der Waals surface area contributed by atoms with Crippen molar-refractivity contribution in [2.75, 3.05) is 7.11 Å². The number of furan rings is 1. The molecule has 4 rings (SSSR count). The fraction of sp³-hybridized carbons (Fsp3) is 0.423. The predicted molar refractivity (Wildman–Crippen MR) is 120 cm³/mol. The summed E-state index contributed by atoms with van der Waals surface area (Å²) >= 11 is 0. The standard InChI is InChI=1S/C26H28O7/c1-16-8-6-11-18(27)10-5-3-4-9-17-14-21-24(25(30-2)23(17)26(29)32-16)19(15-22(28)33-21)20-12-7-13-31-20/h4,7,9,12-14,16,19H,3,5-6,8,10-11,15H2,1-2H3. The lowest BCUT2D eigenvalue weighted by Crippen LogP contribution is -2.24. The van der Waals surface area contributed by atoms with Crippen LogP contribution in [0.5, 0.6) is 11.5 Å². The van der Waals surface area contributed by atoms with Crippen molar-refractivity contribution < 1.29 is 33.0 Å². The van der Waals surface area contributed by atoms with E-state index in [1.807, 2.05) is 13.0 Å². The van der Waals surface area contributed by atoms with Crippen molar-refractivity contribution in [2.45, 2.75) is 63.9 Å². The molecule has 3 heterocycles. The first-order valence-corrected chi connectivity index (χ1v) is 11.4. The van der Waals surface area contributed by atoms with Crippen molar-refractivity contribution in [1.82, 2.24) is 0 Å². The van der Waals surface area contributed by atoms with Crippen molar-refractivity contribution in [2.24, 2.45) is 0 Å². The number of benzene rings is 1. The zero-order chi connectivity index (χ0) is 23.4.